The highest BCUT2D eigenvalue weighted by Crippen LogP contribution is 2.26. The summed E-state index contributed by atoms with van der Waals surface area (Å²) in [4.78, 5) is 23.6. The van der Waals surface area contributed by atoms with E-state index in [1.807, 2.05) is 31.2 Å². The molecule has 0 bridgehead atoms. The summed E-state index contributed by atoms with van der Waals surface area (Å²) < 4.78 is 11.6. The molecule has 9 heteroatoms. The van der Waals surface area contributed by atoms with Crippen molar-refractivity contribution in [1.82, 2.24) is 19.9 Å². The van der Waals surface area contributed by atoms with Crippen molar-refractivity contribution in [1.29, 1.82) is 0 Å². The molecule has 0 N–H and O–H groups in total. The summed E-state index contributed by atoms with van der Waals surface area (Å²) in [5, 5.41) is 0. The van der Waals surface area contributed by atoms with Gasteiger partial charge < -0.3 is 19.3 Å². The fourth-order valence-corrected chi connectivity index (χ4v) is 4.42. The van der Waals surface area contributed by atoms with Crippen LogP contribution in [0.25, 0.3) is 11.0 Å². The topological polar surface area (TPSA) is 76.5 Å². The first kappa shape index (κ1) is 23.4. The highest BCUT2D eigenvalue weighted by Gasteiger charge is 2.23. The van der Waals surface area contributed by atoms with Crippen LogP contribution in [0.3, 0.4) is 0 Å². The lowest BCUT2D eigenvalue weighted by Crippen LogP contribution is -2.37. The van der Waals surface area contributed by atoms with Crippen molar-refractivity contribution in [2.24, 2.45) is 0 Å². The number of halogens is 1. The Morgan fingerprint density at radius 3 is 2.45 bits per heavy atom. The summed E-state index contributed by atoms with van der Waals surface area (Å²) >= 11 is 0. The van der Waals surface area contributed by atoms with Gasteiger partial charge in [-0.3, -0.25) is 0 Å². The molecule has 2 aromatic heterocycles. The van der Waals surface area contributed by atoms with Crippen molar-refractivity contribution in [2.75, 3.05) is 43.2 Å². The van der Waals surface area contributed by atoms with Gasteiger partial charge in [0.1, 0.15) is 23.9 Å². The molecule has 4 heterocycles. The Labute approximate surface area is 200 Å². The number of hydrogen-bond donors (Lipinski definition) is 0. The Balaban J connectivity index is 0.00000259. The van der Waals surface area contributed by atoms with Crippen LogP contribution in [0.2, 0.25) is 0 Å². The number of fused-ring (bicyclic) bond motifs is 1. The van der Waals surface area contributed by atoms with Crippen molar-refractivity contribution in [3.63, 3.8) is 0 Å². The van der Waals surface area contributed by atoms with Crippen LogP contribution in [-0.4, -0.2) is 59.3 Å². The lowest BCUT2D eigenvalue weighted by Gasteiger charge is -2.32. The van der Waals surface area contributed by atoms with Crippen LogP contribution < -0.4 is 14.5 Å². The molecule has 0 radical (unpaired) electrons. The molecule has 3 aromatic rings. The first-order valence-corrected chi connectivity index (χ1v) is 11.5. The van der Waals surface area contributed by atoms with E-state index in [1.165, 1.54) is 12.8 Å². The molecule has 0 atom stereocenters. The van der Waals surface area contributed by atoms with E-state index in [9.17, 15) is 0 Å². The molecular formula is C24H31ClN6O2. The number of para-hydroxylation sites is 2. The van der Waals surface area contributed by atoms with Crippen molar-refractivity contribution in [2.45, 2.75) is 45.3 Å². The molecule has 8 nitrogen and oxygen atoms in total. The summed E-state index contributed by atoms with van der Waals surface area (Å²) in [7, 11) is 2.12. The van der Waals surface area contributed by atoms with E-state index in [2.05, 4.69) is 32.9 Å². The van der Waals surface area contributed by atoms with Crippen LogP contribution in [0.15, 0.2) is 30.3 Å². The second-order valence-electron chi connectivity index (χ2n) is 8.54. The normalized spacial score (nSPS) is 16.6. The molecule has 0 amide bonds. The number of anilines is 2. The van der Waals surface area contributed by atoms with Gasteiger partial charge >= 0.3 is 0 Å². The molecule has 33 heavy (non-hydrogen) atoms. The molecule has 2 saturated heterocycles. The lowest BCUT2D eigenvalue weighted by atomic mass is 10.1. The van der Waals surface area contributed by atoms with Crippen molar-refractivity contribution >= 4 is 35.1 Å². The molecule has 0 saturated carbocycles. The van der Waals surface area contributed by atoms with E-state index in [0.29, 0.717) is 17.7 Å². The summed E-state index contributed by atoms with van der Waals surface area (Å²) in [6, 6.07) is 10.4. The monoisotopic (exact) mass is 470 g/mol. The molecule has 5 rings (SSSR count). The first-order valence-electron chi connectivity index (χ1n) is 11.5. The minimum Gasteiger partial charge on any atom is -0.468 e. The van der Waals surface area contributed by atoms with Gasteiger partial charge in [-0.1, -0.05) is 12.1 Å². The third kappa shape index (κ3) is 5.28. The molecule has 2 aliphatic rings. The molecule has 0 aliphatic carbocycles. The van der Waals surface area contributed by atoms with Gasteiger partial charge in [0.2, 0.25) is 5.88 Å². The third-order valence-electron chi connectivity index (χ3n) is 6.31. The van der Waals surface area contributed by atoms with Gasteiger partial charge in [0, 0.05) is 45.5 Å². The smallest absolute Gasteiger partial charge is 0.236 e. The van der Waals surface area contributed by atoms with Gasteiger partial charge in [0.15, 0.2) is 5.82 Å². The first-order chi connectivity index (χ1) is 15.7. The van der Waals surface area contributed by atoms with Gasteiger partial charge in [0.05, 0.1) is 11.0 Å². The SMILES string of the molecule is Cc1nc2ccccc2nc1OCc1nc(N2CCCC2)cc(N(C)C2CCOCC2)n1.Cl. The van der Waals surface area contributed by atoms with Crippen LogP contribution in [0.4, 0.5) is 11.6 Å². The van der Waals surface area contributed by atoms with Crippen molar-refractivity contribution < 1.29 is 9.47 Å². The van der Waals surface area contributed by atoms with Gasteiger partial charge in [-0.25, -0.2) is 19.9 Å². The largest absolute Gasteiger partial charge is 0.468 e. The molecular weight excluding hydrogens is 440 g/mol. The Kier molecular flexibility index (Phi) is 7.45. The molecule has 2 fully saturated rings. The molecule has 0 spiro atoms. The number of rotatable bonds is 6. The van der Waals surface area contributed by atoms with E-state index in [4.69, 9.17) is 19.4 Å². The molecule has 176 valence electrons. The summed E-state index contributed by atoms with van der Waals surface area (Å²) in [6.07, 6.45) is 4.42. The Morgan fingerprint density at radius 2 is 1.73 bits per heavy atom. The maximum Gasteiger partial charge on any atom is 0.236 e. The number of ether oxygens (including phenoxy) is 2. The molecule has 1 aromatic carbocycles. The van der Waals surface area contributed by atoms with Crippen LogP contribution in [0.1, 0.15) is 37.2 Å². The number of nitrogens with zero attached hydrogens (tertiary/aromatic N) is 6. The average molecular weight is 471 g/mol. The highest BCUT2D eigenvalue weighted by molar-refractivity contribution is 5.85. The fraction of sp³-hybridized carbons (Fsp3) is 0.500. The number of benzene rings is 1. The minimum atomic E-state index is 0. The zero-order chi connectivity index (χ0) is 21.9. The van der Waals surface area contributed by atoms with E-state index < -0.39 is 0 Å². The summed E-state index contributed by atoms with van der Waals surface area (Å²) in [5.74, 6) is 3.11. The van der Waals surface area contributed by atoms with Gasteiger partial charge in [-0.15, -0.1) is 12.4 Å². The van der Waals surface area contributed by atoms with Gasteiger partial charge in [0.25, 0.3) is 0 Å². The van der Waals surface area contributed by atoms with Crippen molar-refractivity contribution in [3.05, 3.63) is 41.9 Å². The second-order valence-corrected chi connectivity index (χ2v) is 8.54. The Bertz CT molecular complexity index is 1090. The van der Waals surface area contributed by atoms with E-state index >= 15 is 0 Å². The number of hydrogen-bond acceptors (Lipinski definition) is 8. The van der Waals surface area contributed by atoms with Crippen LogP contribution in [0.5, 0.6) is 5.88 Å². The predicted octanol–water partition coefficient (Wildman–Crippen LogP) is 3.94. The average Bonchev–Trinajstić information content (AvgIpc) is 3.38. The fourth-order valence-electron chi connectivity index (χ4n) is 4.42. The standard InChI is InChI=1S/C24H30N6O2.ClH/c1-17-24(26-20-8-4-3-7-19(20)25-17)32-16-21-27-22(29(2)18-9-13-31-14-10-18)15-23(28-21)30-11-5-6-12-30;/h3-4,7-8,15,18H,5-6,9-14,16H2,1-2H3;1H. The van der Waals surface area contributed by atoms with Gasteiger partial charge in [-0.05, 0) is 44.7 Å². The maximum atomic E-state index is 6.07. The lowest BCUT2D eigenvalue weighted by molar-refractivity contribution is 0.0853. The minimum absolute atomic E-state index is 0. The van der Waals surface area contributed by atoms with E-state index in [1.54, 1.807) is 0 Å². The van der Waals surface area contributed by atoms with Crippen LogP contribution in [-0.2, 0) is 11.3 Å². The number of aromatic nitrogens is 4. The summed E-state index contributed by atoms with van der Waals surface area (Å²) in [6.45, 7) is 5.84. The third-order valence-corrected chi connectivity index (χ3v) is 6.31. The van der Waals surface area contributed by atoms with Gasteiger partial charge in [-0.2, -0.15) is 0 Å². The van der Waals surface area contributed by atoms with E-state index in [0.717, 1.165) is 67.5 Å². The Morgan fingerprint density at radius 1 is 1.03 bits per heavy atom. The summed E-state index contributed by atoms with van der Waals surface area (Å²) in [5.41, 5.74) is 2.45. The zero-order valence-electron chi connectivity index (χ0n) is 19.2. The van der Waals surface area contributed by atoms with Crippen LogP contribution in [0, 0.1) is 6.92 Å². The van der Waals surface area contributed by atoms with Crippen molar-refractivity contribution in [3.8, 4) is 5.88 Å². The molecule has 0 unspecified atom stereocenters. The Hall–Kier alpha value is -2.71. The maximum absolute atomic E-state index is 6.07. The second kappa shape index (κ2) is 10.5. The van der Waals surface area contributed by atoms with Crippen LogP contribution >= 0.6 is 12.4 Å². The number of aryl methyl sites for hydroxylation is 1. The zero-order valence-corrected chi connectivity index (χ0v) is 20.1. The highest BCUT2D eigenvalue weighted by atomic mass is 35.5. The quantitative estimate of drug-likeness (QED) is 0.536. The molecule has 2 aliphatic heterocycles. The predicted molar refractivity (Wildman–Crippen MR) is 132 cm³/mol. The van der Waals surface area contributed by atoms with E-state index in [-0.39, 0.29) is 19.0 Å².